The lowest BCUT2D eigenvalue weighted by molar-refractivity contribution is 0.213. The van der Waals surface area contributed by atoms with Crippen LogP contribution in [0.25, 0.3) is 27.9 Å². The van der Waals surface area contributed by atoms with Crippen molar-refractivity contribution in [2.24, 2.45) is 0 Å². The minimum Gasteiger partial charge on any atom is -0.354 e. The lowest BCUT2D eigenvalue weighted by atomic mass is 9.90. The fourth-order valence-corrected chi connectivity index (χ4v) is 4.02. The molecular weight excluding hydrogens is 366 g/mol. The number of aromatic amines is 1. The summed E-state index contributed by atoms with van der Waals surface area (Å²) >= 11 is 0. The van der Waals surface area contributed by atoms with Crippen LogP contribution in [0, 0.1) is 13.8 Å². The molecule has 0 unspecified atom stereocenters. The highest BCUT2D eigenvalue weighted by Gasteiger charge is 2.23. The van der Waals surface area contributed by atoms with Crippen LogP contribution in [-0.4, -0.2) is 42.1 Å². The Morgan fingerprint density at radius 1 is 1.10 bits per heavy atom. The first kappa shape index (κ1) is 18.9. The number of nitrogens with one attached hydrogen (secondary N) is 4. The Morgan fingerprint density at radius 2 is 1.86 bits per heavy atom. The number of para-hydroxylation sites is 1. The molecule has 0 saturated carbocycles. The van der Waals surface area contributed by atoms with Crippen molar-refractivity contribution in [3.05, 3.63) is 52.7 Å². The number of urea groups is 2. The molecule has 0 bridgehead atoms. The zero-order valence-corrected chi connectivity index (χ0v) is 16.8. The monoisotopic (exact) mass is 391 g/mol. The minimum absolute atomic E-state index is 0.179. The third-order valence-electron chi connectivity index (χ3n) is 5.56. The third-order valence-corrected chi connectivity index (χ3v) is 5.56. The molecule has 1 aliphatic rings. The molecule has 0 aliphatic carbocycles. The second kappa shape index (κ2) is 7.50. The van der Waals surface area contributed by atoms with Crippen molar-refractivity contribution in [3.8, 4) is 0 Å². The highest BCUT2D eigenvalue weighted by atomic mass is 16.2. The van der Waals surface area contributed by atoms with E-state index in [1.807, 2.05) is 18.3 Å². The van der Waals surface area contributed by atoms with E-state index in [1.165, 1.54) is 33.0 Å². The first-order valence-corrected chi connectivity index (χ1v) is 9.72. The van der Waals surface area contributed by atoms with Gasteiger partial charge < -0.3 is 20.9 Å². The van der Waals surface area contributed by atoms with Crippen LogP contribution in [0.15, 0.2) is 30.5 Å². The largest absolute Gasteiger partial charge is 0.354 e. The predicted octanol–water partition coefficient (Wildman–Crippen LogP) is 3.36. The molecular formula is C22H25N5O2. The molecule has 3 aromatic rings. The van der Waals surface area contributed by atoms with Crippen LogP contribution in [-0.2, 0) is 6.54 Å². The van der Waals surface area contributed by atoms with Crippen LogP contribution >= 0.6 is 0 Å². The van der Waals surface area contributed by atoms with Gasteiger partial charge in [-0.25, -0.2) is 9.59 Å². The maximum absolute atomic E-state index is 12.6. The first-order valence-electron chi connectivity index (χ1n) is 9.72. The van der Waals surface area contributed by atoms with Gasteiger partial charge in [-0.2, -0.15) is 0 Å². The summed E-state index contributed by atoms with van der Waals surface area (Å²) in [6, 6.07) is 7.87. The molecule has 1 aromatic heterocycles. The minimum atomic E-state index is -0.264. The van der Waals surface area contributed by atoms with Crippen molar-refractivity contribution in [1.29, 1.82) is 0 Å². The number of carbonyl (C=O) groups excluding carboxylic acids is 2. The molecule has 0 radical (unpaired) electrons. The average Bonchev–Trinajstić information content (AvgIpc) is 3.14. The lowest BCUT2D eigenvalue weighted by Gasteiger charge is -2.27. The Balaban J connectivity index is 1.59. The van der Waals surface area contributed by atoms with E-state index in [2.05, 4.69) is 53.0 Å². The van der Waals surface area contributed by atoms with Crippen molar-refractivity contribution in [3.63, 3.8) is 0 Å². The highest BCUT2D eigenvalue weighted by molar-refractivity contribution is 6.11. The van der Waals surface area contributed by atoms with Gasteiger partial charge in [-0.15, -0.1) is 0 Å². The Hall–Kier alpha value is -3.48. The number of aromatic nitrogens is 1. The van der Waals surface area contributed by atoms with Gasteiger partial charge in [0, 0.05) is 42.6 Å². The van der Waals surface area contributed by atoms with E-state index in [9.17, 15) is 9.59 Å². The van der Waals surface area contributed by atoms with Gasteiger partial charge in [0.05, 0.1) is 12.1 Å². The molecule has 2 aromatic carbocycles. The summed E-state index contributed by atoms with van der Waals surface area (Å²) in [5.41, 5.74) is 7.01. The van der Waals surface area contributed by atoms with Crippen LogP contribution in [0.1, 0.15) is 22.3 Å². The van der Waals surface area contributed by atoms with Gasteiger partial charge in [-0.1, -0.05) is 18.2 Å². The molecule has 0 fully saturated rings. The second-order valence-corrected chi connectivity index (χ2v) is 7.24. The van der Waals surface area contributed by atoms with Gasteiger partial charge in [-0.3, -0.25) is 4.90 Å². The maximum Gasteiger partial charge on any atom is 0.321 e. The maximum atomic E-state index is 12.6. The highest BCUT2D eigenvalue weighted by Crippen LogP contribution is 2.37. The third kappa shape index (κ3) is 3.29. The molecule has 0 saturated heterocycles. The Morgan fingerprint density at radius 3 is 2.66 bits per heavy atom. The Bertz CT molecular complexity index is 1150. The number of hydrogen-bond donors (Lipinski definition) is 4. The van der Waals surface area contributed by atoms with Gasteiger partial charge in [-0.05, 0) is 48.2 Å². The molecule has 0 spiro atoms. The number of fused-ring (bicyclic) bond motifs is 4. The van der Waals surface area contributed by atoms with E-state index < -0.39 is 0 Å². The van der Waals surface area contributed by atoms with E-state index in [-0.39, 0.29) is 12.1 Å². The van der Waals surface area contributed by atoms with Crippen molar-refractivity contribution in [2.75, 3.05) is 20.1 Å². The number of carbonyl (C=O) groups is 2. The van der Waals surface area contributed by atoms with E-state index in [1.54, 1.807) is 11.9 Å². The number of nitrogens with zero attached hydrogens (tertiary/aromatic N) is 1. The Labute approximate surface area is 169 Å². The summed E-state index contributed by atoms with van der Waals surface area (Å²) in [5, 5.41) is 10.4. The molecule has 0 atom stereocenters. The summed E-state index contributed by atoms with van der Waals surface area (Å²) in [5.74, 6) is 0. The molecule has 29 heavy (non-hydrogen) atoms. The van der Waals surface area contributed by atoms with Gasteiger partial charge in [0.15, 0.2) is 0 Å². The van der Waals surface area contributed by atoms with Gasteiger partial charge >= 0.3 is 12.1 Å². The summed E-state index contributed by atoms with van der Waals surface area (Å²) in [7, 11) is 1.55. The van der Waals surface area contributed by atoms with Crippen molar-refractivity contribution in [2.45, 2.75) is 20.4 Å². The number of H-pyrrole nitrogens is 1. The van der Waals surface area contributed by atoms with E-state index in [0.29, 0.717) is 19.6 Å². The molecule has 1 aliphatic heterocycles. The van der Waals surface area contributed by atoms with Gasteiger partial charge in [0.1, 0.15) is 0 Å². The smallest absolute Gasteiger partial charge is 0.321 e. The SMILES string of the molecule is CNC(=O)NCCNC(=O)N1C=Cc2c(c(C)c3c([nH]c4ccccc43)c2C)C1. The summed E-state index contributed by atoms with van der Waals surface area (Å²) in [6.45, 7) is 5.50. The summed E-state index contributed by atoms with van der Waals surface area (Å²) in [4.78, 5) is 29.0. The number of hydrogen-bond acceptors (Lipinski definition) is 2. The normalized spacial score (nSPS) is 12.9. The topological polar surface area (TPSA) is 89.3 Å². The lowest BCUT2D eigenvalue weighted by Crippen LogP contribution is -2.42. The van der Waals surface area contributed by atoms with Crippen molar-refractivity contribution >= 4 is 39.9 Å². The van der Waals surface area contributed by atoms with Crippen molar-refractivity contribution in [1.82, 2.24) is 25.8 Å². The van der Waals surface area contributed by atoms with E-state index in [4.69, 9.17) is 0 Å². The molecule has 7 nitrogen and oxygen atoms in total. The first-order chi connectivity index (χ1) is 14.0. The Kier molecular flexibility index (Phi) is 4.88. The number of amides is 4. The number of rotatable bonds is 3. The zero-order valence-electron chi connectivity index (χ0n) is 16.8. The fraction of sp³-hybridized carbons (Fsp3) is 0.273. The molecule has 7 heteroatoms. The van der Waals surface area contributed by atoms with Crippen LogP contribution in [0.3, 0.4) is 0 Å². The quantitative estimate of drug-likeness (QED) is 0.516. The average molecular weight is 391 g/mol. The standard InChI is InChI=1S/C22H25N5O2/c1-13-17-12-27(22(29)25-10-9-24-21(28)23-3)11-8-15(17)14(2)20-19(13)16-6-4-5-7-18(16)26-20/h4-8,11,26H,9-10,12H2,1-3H3,(H,25,29)(H2,23,24,28). The van der Waals surface area contributed by atoms with Crippen LogP contribution in [0.2, 0.25) is 0 Å². The fourth-order valence-electron chi connectivity index (χ4n) is 4.02. The van der Waals surface area contributed by atoms with E-state index in [0.717, 1.165) is 11.0 Å². The van der Waals surface area contributed by atoms with Crippen molar-refractivity contribution < 1.29 is 9.59 Å². The van der Waals surface area contributed by atoms with E-state index >= 15 is 0 Å². The molecule has 4 rings (SSSR count). The van der Waals surface area contributed by atoms with Crippen LogP contribution in [0.5, 0.6) is 0 Å². The predicted molar refractivity (Wildman–Crippen MR) is 116 cm³/mol. The molecule has 150 valence electrons. The molecule has 2 heterocycles. The van der Waals surface area contributed by atoms with Gasteiger partial charge in [0.25, 0.3) is 0 Å². The second-order valence-electron chi connectivity index (χ2n) is 7.24. The number of aryl methyl sites for hydroxylation is 2. The van der Waals surface area contributed by atoms with Gasteiger partial charge in [0.2, 0.25) is 0 Å². The van der Waals surface area contributed by atoms with Crippen LogP contribution in [0.4, 0.5) is 9.59 Å². The summed E-state index contributed by atoms with van der Waals surface area (Å²) < 4.78 is 0. The van der Waals surface area contributed by atoms with Crippen LogP contribution < -0.4 is 16.0 Å². The summed E-state index contributed by atoms with van der Waals surface area (Å²) in [6.07, 6.45) is 3.83. The molecule has 4 N–H and O–H groups in total. The number of benzene rings is 2. The zero-order chi connectivity index (χ0) is 20.5. The molecule has 4 amide bonds.